The van der Waals surface area contributed by atoms with E-state index < -0.39 is 18.2 Å². The highest BCUT2D eigenvalue weighted by Gasteiger charge is 2.23. The molecule has 1 heterocycles. The van der Waals surface area contributed by atoms with Gasteiger partial charge in [0, 0.05) is 23.2 Å². The van der Waals surface area contributed by atoms with Crippen LogP contribution in [0.1, 0.15) is 74.9 Å². The number of carbonyl (C=O) groups is 1. The summed E-state index contributed by atoms with van der Waals surface area (Å²) in [6.07, 6.45) is 0.935. The molecule has 2 aromatic rings. The summed E-state index contributed by atoms with van der Waals surface area (Å²) in [6.45, 7) is 7.78. The molecule has 0 spiro atoms. The van der Waals surface area contributed by atoms with Gasteiger partial charge in [-0.15, -0.1) is 0 Å². The van der Waals surface area contributed by atoms with Crippen molar-refractivity contribution in [2.45, 2.75) is 71.2 Å². The third kappa shape index (κ3) is 6.93. The van der Waals surface area contributed by atoms with Gasteiger partial charge < -0.3 is 20.1 Å². The number of aliphatic hydroxyl groups excluding tert-OH is 3. The molecule has 0 saturated carbocycles. The molecule has 0 aliphatic rings. The summed E-state index contributed by atoms with van der Waals surface area (Å²) in [6, 6.07) is 6.05. The monoisotopic (exact) mass is 459 g/mol. The largest absolute Gasteiger partial charge is 0.469 e. The third-order valence-electron chi connectivity index (χ3n) is 5.41. The summed E-state index contributed by atoms with van der Waals surface area (Å²) in [4.78, 5) is 16.2. The number of ether oxygens (including phenoxy) is 1. The number of aromatic nitrogens is 1. The standard InChI is InChI=1S/C26H34FNO5/c1-15(2)25-21(11-10-19(30)12-20(31)13-23(32)33-5)24(17-6-8-18(27)9-7-17)22(14-29)26(28-25)16(3)4/h6-11,15-16,19-20,29-31H,12-14H2,1-5H3. The molecule has 0 saturated heterocycles. The number of benzene rings is 1. The third-order valence-corrected chi connectivity index (χ3v) is 5.41. The number of halogens is 1. The molecule has 0 radical (unpaired) electrons. The Hall–Kier alpha value is -2.61. The molecule has 0 aliphatic heterocycles. The van der Waals surface area contributed by atoms with E-state index in [-0.39, 0.29) is 37.1 Å². The van der Waals surface area contributed by atoms with Gasteiger partial charge in [-0.1, -0.05) is 52.0 Å². The van der Waals surface area contributed by atoms with Crippen LogP contribution in [0.4, 0.5) is 4.39 Å². The fraction of sp³-hybridized carbons (Fsp3) is 0.462. The average Bonchev–Trinajstić information content (AvgIpc) is 2.76. The van der Waals surface area contributed by atoms with E-state index in [9.17, 15) is 24.5 Å². The van der Waals surface area contributed by atoms with Crippen LogP contribution in [0.5, 0.6) is 0 Å². The Morgan fingerprint density at radius 1 is 1.09 bits per heavy atom. The highest BCUT2D eigenvalue weighted by molar-refractivity contribution is 5.80. The molecule has 7 heteroatoms. The lowest BCUT2D eigenvalue weighted by Crippen LogP contribution is -2.20. The van der Waals surface area contributed by atoms with Gasteiger partial charge in [-0.2, -0.15) is 0 Å². The summed E-state index contributed by atoms with van der Waals surface area (Å²) >= 11 is 0. The molecule has 0 fully saturated rings. The van der Waals surface area contributed by atoms with Crippen molar-refractivity contribution < 1.29 is 29.2 Å². The zero-order chi connectivity index (χ0) is 24.7. The number of aliphatic hydroxyl groups is 3. The minimum atomic E-state index is -1.05. The van der Waals surface area contributed by atoms with Crippen LogP contribution in [-0.4, -0.2) is 45.6 Å². The van der Waals surface area contributed by atoms with Crippen LogP contribution < -0.4 is 0 Å². The van der Waals surface area contributed by atoms with Gasteiger partial charge in [-0.3, -0.25) is 9.78 Å². The maximum atomic E-state index is 13.6. The van der Waals surface area contributed by atoms with Crippen LogP contribution in [0.15, 0.2) is 30.3 Å². The van der Waals surface area contributed by atoms with Crippen LogP contribution in [-0.2, 0) is 16.1 Å². The lowest BCUT2D eigenvalue weighted by atomic mass is 9.87. The Morgan fingerprint density at radius 3 is 2.21 bits per heavy atom. The first kappa shape index (κ1) is 26.6. The fourth-order valence-corrected chi connectivity index (χ4v) is 3.79. The second-order valence-corrected chi connectivity index (χ2v) is 8.72. The number of methoxy groups -OCH3 is 1. The molecule has 180 valence electrons. The lowest BCUT2D eigenvalue weighted by molar-refractivity contribution is -0.143. The van der Waals surface area contributed by atoms with Crippen molar-refractivity contribution in [1.29, 1.82) is 0 Å². The zero-order valence-corrected chi connectivity index (χ0v) is 19.9. The minimum absolute atomic E-state index is 0.0381. The Kier molecular flexibility index (Phi) is 9.70. The van der Waals surface area contributed by atoms with E-state index in [4.69, 9.17) is 4.98 Å². The lowest BCUT2D eigenvalue weighted by Gasteiger charge is -2.23. The Labute approximate surface area is 194 Å². The summed E-state index contributed by atoms with van der Waals surface area (Å²) in [5.41, 5.74) is 4.39. The summed E-state index contributed by atoms with van der Waals surface area (Å²) in [7, 11) is 1.24. The zero-order valence-electron chi connectivity index (χ0n) is 19.9. The van der Waals surface area contributed by atoms with Crippen molar-refractivity contribution in [2.75, 3.05) is 7.11 Å². The van der Waals surface area contributed by atoms with E-state index in [2.05, 4.69) is 4.74 Å². The van der Waals surface area contributed by atoms with Crippen LogP contribution in [0, 0.1) is 5.82 Å². The Bertz CT molecular complexity index is 970. The maximum absolute atomic E-state index is 13.6. The topological polar surface area (TPSA) is 99.9 Å². The van der Waals surface area contributed by atoms with Gasteiger partial charge in [-0.25, -0.2) is 4.39 Å². The molecular weight excluding hydrogens is 425 g/mol. The van der Waals surface area contributed by atoms with Gasteiger partial charge in [0.2, 0.25) is 0 Å². The van der Waals surface area contributed by atoms with E-state index in [1.807, 2.05) is 27.7 Å². The van der Waals surface area contributed by atoms with Crippen molar-refractivity contribution in [3.63, 3.8) is 0 Å². The second-order valence-electron chi connectivity index (χ2n) is 8.72. The normalized spacial score (nSPS) is 13.7. The Balaban J connectivity index is 2.60. The van der Waals surface area contributed by atoms with Crippen LogP contribution in [0.25, 0.3) is 17.2 Å². The van der Waals surface area contributed by atoms with E-state index in [1.165, 1.54) is 25.3 Å². The smallest absolute Gasteiger partial charge is 0.308 e. The molecule has 2 atom stereocenters. The number of pyridine rings is 1. The number of esters is 1. The Morgan fingerprint density at radius 2 is 1.70 bits per heavy atom. The summed E-state index contributed by atoms with van der Waals surface area (Å²) < 4.78 is 18.2. The molecular formula is C26H34FNO5. The van der Waals surface area contributed by atoms with Crippen molar-refractivity contribution in [1.82, 2.24) is 4.98 Å². The first-order chi connectivity index (χ1) is 15.6. The summed E-state index contributed by atoms with van der Waals surface area (Å²) in [5.74, 6) is -0.823. The number of carbonyl (C=O) groups excluding carboxylic acids is 1. The highest BCUT2D eigenvalue weighted by atomic mass is 19.1. The van der Waals surface area contributed by atoms with Gasteiger partial charge in [0.1, 0.15) is 5.82 Å². The molecule has 6 nitrogen and oxygen atoms in total. The van der Waals surface area contributed by atoms with E-state index in [0.717, 1.165) is 22.5 Å². The minimum Gasteiger partial charge on any atom is -0.469 e. The predicted molar refractivity (Wildman–Crippen MR) is 126 cm³/mol. The SMILES string of the molecule is COC(=O)CC(O)CC(O)C=Cc1c(C(C)C)nc(C(C)C)c(CO)c1-c1ccc(F)cc1. The second kappa shape index (κ2) is 12.0. The van der Waals surface area contributed by atoms with Crippen molar-refractivity contribution in [2.24, 2.45) is 0 Å². The van der Waals surface area contributed by atoms with Crippen molar-refractivity contribution >= 4 is 12.0 Å². The first-order valence-electron chi connectivity index (χ1n) is 11.1. The number of hydrogen-bond acceptors (Lipinski definition) is 6. The first-order valence-corrected chi connectivity index (χ1v) is 11.1. The molecule has 2 unspecified atom stereocenters. The number of nitrogens with zero attached hydrogens (tertiary/aromatic N) is 1. The van der Waals surface area contributed by atoms with Gasteiger partial charge >= 0.3 is 5.97 Å². The van der Waals surface area contributed by atoms with Crippen molar-refractivity contribution in [3.05, 3.63) is 58.7 Å². The number of hydrogen-bond donors (Lipinski definition) is 3. The summed E-state index contributed by atoms with van der Waals surface area (Å²) in [5, 5.41) is 30.7. The average molecular weight is 460 g/mol. The van der Waals surface area contributed by atoms with Crippen LogP contribution in [0.2, 0.25) is 0 Å². The van der Waals surface area contributed by atoms with Gasteiger partial charge in [0.15, 0.2) is 0 Å². The highest BCUT2D eigenvalue weighted by Crippen LogP contribution is 2.37. The molecule has 1 aromatic heterocycles. The van der Waals surface area contributed by atoms with Gasteiger partial charge in [0.05, 0.1) is 38.0 Å². The molecule has 0 aliphatic carbocycles. The quantitative estimate of drug-likeness (QED) is 0.458. The molecule has 1 aromatic carbocycles. The van der Waals surface area contributed by atoms with E-state index in [0.29, 0.717) is 11.1 Å². The van der Waals surface area contributed by atoms with E-state index in [1.54, 1.807) is 18.2 Å². The number of rotatable bonds is 10. The molecule has 0 bridgehead atoms. The maximum Gasteiger partial charge on any atom is 0.308 e. The predicted octanol–water partition coefficient (Wildman–Crippen LogP) is 4.32. The molecule has 2 rings (SSSR count). The molecule has 33 heavy (non-hydrogen) atoms. The molecule has 0 amide bonds. The van der Waals surface area contributed by atoms with Gasteiger partial charge in [0.25, 0.3) is 0 Å². The van der Waals surface area contributed by atoms with Crippen LogP contribution in [0.3, 0.4) is 0 Å². The molecule has 3 N–H and O–H groups in total. The van der Waals surface area contributed by atoms with Crippen molar-refractivity contribution in [3.8, 4) is 11.1 Å². The van der Waals surface area contributed by atoms with Crippen LogP contribution >= 0.6 is 0 Å². The fourth-order valence-electron chi connectivity index (χ4n) is 3.79. The van der Waals surface area contributed by atoms with Gasteiger partial charge in [-0.05, 0) is 35.1 Å². The van der Waals surface area contributed by atoms with E-state index >= 15 is 0 Å².